The van der Waals surface area contributed by atoms with E-state index < -0.39 is 0 Å². The molecular formula is C16H23N3O2. The third kappa shape index (κ3) is 6.80. The lowest BCUT2D eigenvalue weighted by atomic mass is 10.2. The van der Waals surface area contributed by atoms with E-state index in [1.807, 2.05) is 43.0 Å². The van der Waals surface area contributed by atoms with Gasteiger partial charge in [-0.05, 0) is 32.0 Å². The molecule has 0 aliphatic heterocycles. The van der Waals surface area contributed by atoms with E-state index in [1.54, 1.807) is 0 Å². The average molecular weight is 289 g/mol. The molecule has 0 heterocycles. The Labute approximate surface area is 126 Å². The largest absolute Gasteiger partial charge is 0.492 e. The maximum Gasteiger partial charge on any atom is 0.231 e. The van der Waals surface area contributed by atoms with Crippen molar-refractivity contribution in [1.29, 1.82) is 0 Å². The predicted molar refractivity (Wildman–Crippen MR) is 83.8 cm³/mol. The quantitative estimate of drug-likeness (QED) is 0.719. The monoisotopic (exact) mass is 289 g/mol. The molecule has 0 saturated carbocycles. The maximum atomic E-state index is 11.0. The third-order valence-corrected chi connectivity index (χ3v) is 2.91. The number of hydrogen-bond acceptors (Lipinski definition) is 4. The number of nitrogens with two attached hydrogens (primary N) is 2. The van der Waals surface area contributed by atoms with E-state index in [9.17, 15) is 4.79 Å². The van der Waals surface area contributed by atoms with Gasteiger partial charge in [0.2, 0.25) is 5.91 Å². The van der Waals surface area contributed by atoms with Crippen LogP contribution in [0.3, 0.4) is 0 Å². The fourth-order valence-corrected chi connectivity index (χ4v) is 1.82. The zero-order valence-corrected chi connectivity index (χ0v) is 12.6. The lowest BCUT2D eigenvalue weighted by molar-refractivity contribution is -0.119. The van der Waals surface area contributed by atoms with Crippen LogP contribution in [-0.4, -0.2) is 43.1 Å². The molecule has 0 fully saturated rings. The number of carbonyl (C=O) groups excluding carboxylic acids is 1. The van der Waals surface area contributed by atoms with Gasteiger partial charge < -0.3 is 16.2 Å². The Balaban J connectivity index is 2.52. The minimum Gasteiger partial charge on any atom is -0.492 e. The second-order valence-electron chi connectivity index (χ2n) is 4.91. The lowest BCUT2D eigenvalue weighted by Crippen LogP contribution is -2.40. The van der Waals surface area contributed by atoms with Crippen molar-refractivity contribution in [3.8, 4) is 17.6 Å². The Morgan fingerprint density at radius 3 is 2.81 bits per heavy atom. The first-order chi connectivity index (χ1) is 10.0. The zero-order chi connectivity index (χ0) is 15.7. The molecule has 1 amide bonds. The SMILES string of the molecule is CC(C)N(CCOc1cccc(C#CCN)c1)CC(N)=O. The van der Waals surface area contributed by atoms with Gasteiger partial charge in [0.15, 0.2) is 0 Å². The van der Waals surface area contributed by atoms with Crippen LogP contribution in [0.2, 0.25) is 0 Å². The highest BCUT2D eigenvalue weighted by Crippen LogP contribution is 2.12. The van der Waals surface area contributed by atoms with E-state index in [2.05, 4.69) is 11.8 Å². The summed E-state index contributed by atoms with van der Waals surface area (Å²) in [5.74, 6) is 6.19. The summed E-state index contributed by atoms with van der Waals surface area (Å²) in [6.45, 7) is 5.74. The van der Waals surface area contributed by atoms with Gasteiger partial charge in [-0.1, -0.05) is 17.9 Å². The van der Waals surface area contributed by atoms with Crippen LogP contribution < -0.4 is 16.2 Å². The van der Waals surface area contributed by atoms with E-state index in [0.29, 0.717) is 19.7 Å². The minimum absolute atomic E-state index is 0.239. The highest BCUT2D eigenvalue weighted by molar-refractivity contribution is 5.75. The fourth-order valence-electron chi connectivity index (χ4n) is 1.82. The van der Waals surface area contributed by atoms with Gasteiger partial charge in [0, 0.05) is 18.2 Å². The van der Waals surface area contributed by atoms with Crippen LogP contribution in [0, 0.1) is 11.8 Å². The van der Waals surface area contributed by atoms with Gasteiger partial charge in [-0.2, -0.15) is 0 Å². The summed E-state index contributed by atoms with van der Waals surface area (Å²) in [5, 5.41) is 0. The van der Waals surface area contributed by atoms with Crippen LogP contribution in [0.15, 0.2) is 24.3 Å². The third-order valence-electron chi connectivity index (χ3n) is 2.91. The van der Waals surface area contributed by atoms with E-state index in [1.165, 1.54) is 0 Å². The number of benzene rings is 1. The molecular weight excluding hydrogens is 266 g/mol. The molecule has 1 aromatic carbocycles. The first-order valence-corrected chi connectivity index (χ1v) is 6.97. The molecule has 4 N–H and O–H groups in total. The molecule has 5 nitrogen and oxygen atoms in total. The summed E-state index contributed by atoms with van der Waals surface area (Å²) in [7, 11) is 0. The summed E-state index contributed by atoms with van der Waals surface area (Å²) in [5.41, 5.74) is 11.5. The van der Waals surface area contributed by atoms with E-state index >= 15 is 0 Å². The van der Waals surface area contributed by atoms with Crippen molar-refractivity contribution in [3.05, 3.63) is 29.8 Å². The van der Waals surface area contributed by atoms with Crippen molar-refractivity contribution < 1.29 is 9.53 Å². The van der Waals surface area contributed by atoms with Gasteiger partial charge in [-0.25, -0.2) is 0 Å². The lowest BCUT2D eigenvalue weighted by Gasteiger charge is -2.24. The van der Waals surface area contributed by atoms with Gasteiger partial charge in [0.05, 0.1) is 13.1 Å². The van der Waals surface area contributed by atoms with Gasteiger partial charge in [-0.15, -0.1) is 0 Å². The molecule has 0 radical (unpaired) electrons. The summed E-state index contributed by atoms with van der Waals surface area (Å²) >= 11 is 0. The number of nitrogens with zero attached hydrogens (tertiary/aromatic N) is 1. The van der Waals surface area contributed by atoms with E-state index in [0.717, 1.165) is 11.3 Å². The molecule has 0 aliphatic rings. The Hall–Kier alpha value is -2.03. The second kappa shape index (κ2) is 9.01. The molecule has 0 aliphatic carbocycles. The molecule has 0 spiro atoms. The Morgan fingerprint density at radius 1 is 1.43 bits per heavy atom. The van der Waals surface area contributed by atoms with Crippen LogP contribution >= 0.6 is 0 Å². The number of rotatable bonds is 7. The molecule has 0 saturated heterocycles. The van der Waals surface area contributed by atoms with Gasteiger partial charge in [0.1, 0.15) is 12.4 Å². The number of hydrogen-bond donors (Lipinski definition) is 2. The normalized spacial score (nSPS) is 10.3. The first kappa shape index (κ1) is 17.0. The van der Waals surface area contributed by atoms with Gasteiger partial charge in [0.25, 0.3) is 0 Å². The smallest absolute Gasteiger partial charge is 0.231 e. The van der Waals surface area contributed by atoms with Crippen LogP contribution in [-0.2, 0) is 4.79 Å². The van der Waals surface area contributed by atoms with Crippen LogP contribution in [0.1, 0.15) is 19.4 Å². The van der Waals surface area contributed by atoms with Crippen LogP contribution in [0.5, 0.6) is 5.75 Å². The number of ether oxygens (including phenoxy) is 1. The Bertz CT molecular complexity index is 518. The molecule has 0 bridgehead atoms. The highest BCUT2D eigenvalue weighted by Gasteiger charge is 2.11. The molecule has 5 heteroatoms. The van der Waals surface area contributed by atoms with Gasteiger partial charge >= 0.3 is 0 Å². The van der Waals surface area contributed by atoms with Crippen molar-refractivity contribution in [2.75, 3.05) is 26.2 Å². The summed E-state index contributed by atoms with van der Waals surface area (Å²) in [6, 6.07) is 7.78. The van der Waals surface area contributed by atoms with E-state index in [4.69, 9.17) is 16.2 Å². The standard InChI is InChI=1S/C16H23N3O2/c1-13(2)19(12-16(18)20)9-10-21-15-7-3-5-14(11-15)6-4-8-17/h3,5,7,11,13H,8-10,12,17H2,1-2H3,(H2,18,20). The van der Waals surface area contributed by atoms with Crippen LogP contribution in [0.4, 0.5) is 0 Å². The average Bonchev–Trinajstić information content (AvgIpc) is 2.44. The maximum absolute atomic E-state index is 11.0. The van der Waals surface area contributed by atoms with Gasteiger partial charge in [-0.3, -0.25) is 9.69 Å². The molecule has 21 heavy (non-hydrogen) atoms. The molecule has 1 aromatic rings. The van der Waals surface area contributed by atoms with Crippen molar-refractivity contribution >= 4 is 5.91 Å². The Morgan fingerprint density at radius 2 is 2.19 bits per heavy atom. The predicted octanol–water partition coefficient (Wildman–Crippen LogP) is 0.571. The van der Waals surface area contributed by atoms with Crippen molar-refractivity contribution in [2.24, 2.45) is 11.5 Å². The molecule has 0 unspecified atom stereocenters. The van der Waals surface area contributed by atoms with Crippen molar-refractivity contribution in [3.63, 3.8) is 0 Å². The number of amides is 1. The van der Waals surface area contributed by atoms with Crippen molar-refractivity contribution in [1.82, 2.24) is 4.90 Å². The zero-order valence-electron chi connectivity index (χ0n) is 12.6. The molecule has 0 aromatic heterocycles. The van der Waals surface area contributed by atoms with Crippen molar-refractivity contribution in [2.45, 2.75) is 19.9 Å². The highest BCUT2D eigenvalue weighted by atomic mass is 16.5. The van der Waals surface area contributed by atoms with E-state index in [-0.39, 0.29) is 18.5 Å². The topological polar surface area (TPSA) is 81.6 Å². The summed E-state index contributed by atoms with van der Waals surface area (Å²) in [4.78, 5) is 13.0. The Kier molecular flexibility index (Phi) is 7.30. The molecule has 0 atom stereocenters. The number of carbonyl (C=O) groups is 1. The minimum atomic E-state index is -0.331. The second-order valence-corrected chi connectivity index (χ2v) is 4.91. The first-order valence-electron chi connectivity index (χ1n) is 6.97. The fraction of sp³-hybridized carbons (Fsp3) is 0.438. The molecule has 1 rings (SSSR count). The molecule has 114 valence electrons. The number of primary amides is 1. The summed E-state index contributed by atoms with van der Waals surface area (Å²) < 4.78 is 5.70. The summed E-state index contributed by atoms with van der Waals surface area (Å²) in [6.07, 6.45) is 0. The van der Waals surface area contributed by atoms with Crippen LogP contribution in [0.25, 0.3) is 0 Å².